The molecule has 0 bridgehead atoms. The highest BCUT2D eigenvalue weighted by atomic mass is 35.5. The highest BCUT2D eigenvalue weighted by Gasteiger charge is 2.19. The van der Waals surface area contributed by atoms with Gasteiger partial charge in [-0.25, -0.2) is 0 Å². The SMILES string of the molecule is COc1cccc(CN2CCC(CN)CC2)c1OC.Cl. The Labute approximate surface area is 127 Å². The van der Waals surface area contributed by atoms with Gasteiger partial charge in [0.15, 0.2) is 11.5 Å². The molecule has 0 atom stereocenters. The third kappa shape index (κ3) is 4.01. The van der Waals surface area contributed by atoms with E-state index in [2.05, 4.69) is 11.0 Å². The van der Waals surface area contributed by atoms with Crippen molar-refractivity contribution in [1.29, 1.82) is 0 Å². The van der Waals surface area contributed by atoms with Crippen molar-refractivity contribution in [2.45, 2.75) is 19.4 Å². The number of methoxy groups -OCH3 is 2. The van der Waals surface area contributed by atoms with E-state index >= 15 is 0 Å². The molecule has 0 unspecified atom stereocenters. The zero-order valence-corrected chi connectivity index (χ0v) is 13.1. The summed E-state index contributed by atoms with van der Waals surface area (Å²) < 4.78 is 10.8. The average molecular weight is 301 g/mol. The molecule has 0 aliphatic carbocycles. The minimum atomic E-state index is 0. The summed E-state index contributed by atoms with van der Waals surface area (Å²) in [6, 6.07) is 6.06. The van der Waals surface area contributed by atoms with Crippen molar-refractivity contribution in [1.82, 2.24) is 4.90 Å². The molecule has 2 N–H and O–H groups in total. The fourth-order valence-electron chi connectivity index (χ4n) is 2.70. The Hall–Kier alpha value is -0.970. The van der Waals surface area contributed by atoms with Gasteiger partial charge in [0, 0.05) is 12.1 Å². The second kappa shape index (κ2) is 8.35. The molecule has 114 valence electrons. The Balaban J connectivity index is 0.00000200. The van der Waals surface area contributed by atoms with Crippen LogP contribution in [0.3, 0.4) is 0 Å². The van der Waals surface area contributed by atoms with E-state index in [0.29, 0.717) is 5.92 Å². The van der Waals surface area contributed by atoms with Crippen molar-refractivity contribution in [3.8, 4) is 11.5 Å². The van der Waals surface area contributed by atoms with E-state index in [1.54, 1.807) is 14.2 Å². The summed E-state index contributed by atoms with van der Waals surface area (Å²) in [5, 5.41) is 0. The quantitative estimate of drug-likeness (QED) is 0.906. The van der Waals surface area contributed by atoms with Gasteiger partial charge in [-0.15, -0.1) is 12.4 Å². The smallest absolute Gasteiger partial charge is 0.165 e. The van der Waals surface area contributed by atoms with E-state index in [9.17, 15) is 0 Å². The predicted octanol–water partition coefficient (Wildman–Crippen LogP) is 2.30. The zero-order chi connectivity index (χ0) is 13.7. The molecule has 1 fully saturated rings. The predicted molar refractivity (Wildman–Crippen MR) is 83.8 cm³/mol. The minimum Gasteiger partial charge on any atom is -0.493 e. The van der Waals surface area contributed by atoms with E-state index < -0.39 is 0 Å². The molecular weight excluding hydrogens is 276 g/mol. The van der Waals surface area contributed by atoms with Crippen molar-refractivity contribution < 1.29 is 9.47 Å². The first kappa shape index (κ1) is 17.1. The topological polar surface area (TPSA) is 47.7 Å². The third-order valence-electron chi connectivity index (χ3n) is 3.92. The number of nitrogens with zero attached hydrogens (tertiary/aromatic N) is 1. The number of likely N-dealkylation sites (tertiary alicyclic amines) is 1. The van der Waals surface area contributed by atoms with E-state index in [4.69, 9.17) is 15.2 Å². The number of piperidine rings is 1. The van der Waals surface area contributed by atoms with Crippen molar-refractivity contribution in [3.05, 3.63) is 23.8 Å². The number of ether oxygens (including phenoxy) is 2. The molecule has 4 nitrogen and oxygen atoms in total. The molecule has 2 rings (SSSR count). The molecule has 0 amide bonds. The van der Waals surface area contributed by atoms with Gasteiger partial charge < -0.3 is 15.2 Å². The lowest BCUT2D eigenvalue weighted by atomic mass is 9.97. The first-order chi connectivity index (χ1) is 9.28. The van der Waals surface area contributed by atoms with Gasteiger partial charge in [0.1, 0.15) is 0 Å². The molecule has 1 aliphatic rings. The van der Waals surface area contributed by atoms with E-state index in [1.807, 2.05) is 12.1 Å². The van der Waals surface area contributed by atoms with Crippen LogP contribution in [0.25, 0.3) is 0 Å². The highest BCUT2D eigenvalue weighted by Crippen LogP contribution is 2.32. The Kier molecular flexibility index (Phi) is 7.13. The zero-order valence-electron chi connectivity index (χ0n) is 12.3. The summed E-state index contributed by atoms with van der Waals surface area (Å²) in [6.45, 7) is 3.96. The van der Waals surface area contributed by atoms with Gasteiger partial charge >= 0.3 is 0 Å². The second-order valence-electron chi connectivity index (χ2n) is 5.11. The van der Waals surface area contributed by atoms with E-state index in [0.717, 1.165) is 37.7 Å². The number of hydrogen-bond acceptors (Lipinski definition) is 4. The maximum atomic E-state index is 5.73. The number of benzene rings is 1. The Morgan fingerprint density at radius 3 is 2.45 bits per heavy atom. The number of hydrogen-bond donors (Lipinski definition) is 1. The van der Waals surface area contributed by atoms with Crippen LogP contribution < -0.4 is 15.2 Å². The van der Waals surface area contributed by atoms with Crippen LogP contribution in [0.1, 0.15) is 18.4 Å². The minimum absolute atomic E-state index is 0. The Morgan fingerprint density at radius 1 is 1.20 bits per heavy atom. The standard InChI is InChI=1S/C15H24N2O2.ClH/c1-18-14-5-3-4-13(15(14)19-2)11-17-8-6-12(10-16)7-9-17;/h3-5,12H,6-11,16H2,1-2H3;1H. The van der Waals surface area contributed by atoms with Gasteiger partial charge in [0.05, 0.1) is 14.2 Å². The lowest BCUT2D eigenvalue weighted by Gasteiger charge is -2.31. The molecule has 0 radical (unpaired) electrons. The van der Waals surface area contributed by atoms with Crippen molar-refractivity contribution in [3.63, 3.8) is 0 Å². The lowest BCUT2D eigenvalue weighted by molar-refractivity contribution is 0.178. The number of nitrogens with two attached hydrogens (primary N) is 1. The van der Waals surface area contributed by atoms with Crippen molar-refractivity contribution >= 4 is 12.4 Å². The average Bonchev–Trinajstić information content (AvgIpc) is 2.47. The van der Waals surface area contributed by atoms with Crippen LogP contribution in [-0.4, -0.2) is 38.8 Å². The molecule has 0 aromatic heterocycles. The normalized spacial score (nSPS) is 16.6. The monoisotopic (exact) mass is 300 g/mol. The van der Waals surface area contributed by atoms with Crippen LogP contribution >= 0.6 is 12.4 Å². The molecule has 0 saturated carbocycles. The largest absolute Gasteiger partial charge is 0.493 e. The van der Waals surface area contributed by atoms with Crippen LogP contribution in [-0.2, 0) is 6.54 Å². The van der Waals surface area contributed by atoms with Crippen molar-refractivity contribution in [2.75, 3.05) is 33.9 Å². The summed E-state index contributed by atoms with van der Waals surface area (Å²) in [6.07, 6.45) is 2.39. The molecule has 1 heterocycles. The maximum absolute atomic E-state index is 5.73. The lowest BCUT2D eigenvalue weighted by Crippen LogP contribution is -2.35. The first-order valence-electron chi connectivity index (χ1n) is 6.90. The van der Waals surface area contributed by atoms with E-state index in [-0.39, 0.29) is 12.4 Å². The summed E-state index contributed by atoms with van der Waals surface area (Å²) in [4.78, 5) is 2.46. The van der Waals surface area contributed by atoms with E-state index in [1.165, 1.54) is 18.4 Å². The first-order valence-corrected chi connectivity index (χ1v) is 6.90. The number of rotatable bonds is 5. The summed E-state index contributed by atoms with van der Waals surface area (Å²) in [5.41, 5.74) is 6.92. The van der Waals surface area contributed by atoms with Gasteiger partial charge in [-0.3, -0.25) is 4.90 Å². The molecule has 1 aromatic carbocycles. The molecule has 1 saturated heterocycles. The third-order valence-corrected chi connectivity index (χ3v) is 3.92. The number of halogens is 1. The molecule has 5 heteroatoms. The van der Waals surface area contributed by atoms with Crippen LogP contribution in [0.15, 0.2) is 18.2 Å². The molecular formula is C15H25ClN2O2. The fraction of sp³-hybridized carbons (Fsp3) is 0.600. The maximum Gasteiger partial charge on any atom is 0.165 e. The molecule has 1 aliphatic heterocycles. The van der Waals surface area contributed by atoms with Crippen LogP contribution in [0.5, 0.6) is 11.5 Å². The molecule has 20 heavy (non-hydrogen) atoms. The van der Waals surface area contributed by atoms with Gasteiger partial charge in [-0.2, -0.15) is 0 Å². The van der Waals surface area contributed by atoms with Crippen LogP contribution in [0, 0.1) is 5.92 Å². The van der Waals surface area contributed by atoms with Gasteiger partial charge in [-0.1, -0.05) is 12.1 Å². The highest BCUT2D eigenvalue weighted by molar-refractivity contribution is 5.85. The Bertz CT molecular complexity index is 407. The second-order valence-corrected chi connectivity index (χ2v) is 5.11. The Morgan fingerprint density at radius 2 is 1.90 bits per heavy atom. The fourth-order valence-corrected chi connectivity index (χ4v) is 2.70. The molecule has 1 aromatic rings. The van der Waals surface area contributed by atoms with Gasteiger partial charge in [0.2, 0.25) is 0 Å². The summed E-state index contributed by atoms with van der Waals surface area (Å²) in [5.74, 6) is 2.35. The van der Waals surface area contributed by atoms with Crippen molar-refractivity contribution in [2.24, 2.45) is 11.7 Å². The van der Waals surface area contributed by atoms with Crippen LogP contribution in [0.4, 0.5) is 0 Å². The summed E-state index contributed by atoms with van der Waals surface area (Å²) in [7, 11) is 3.37. The number of para-hydroxylation sites is 1. The van der Waals surface area contributed by atoms with Gasteiger partial charge in [0.25, 0.3) is 0 Å². The van der Waals surface area contributed by atoms with Gasteiger partial charge in [-0.05, 0) is 44.5 Å². The summed E-state index contributed by atoms with van der Waals surface area (Å²) >= 11 is 0. The molecule has 0 spiro atoms. The van der Waals surface area contributed by atoms with Crippen LogP contribution in [0.2, 0.25) is 0 Å².